The van der Waals surface area contributed by atoms with Crippen molar-refractivity contribution in [2.45, 2.75) is 38.5 Å². The standard InChI is InChI=1S/C54H43N/c1-53(2)49-21-13-11-19-44(49)46-32-31-43(35-51(46)53)55(41-27-23-38(24-28-41)36-15-7-5-8-16-36)42-29-25-39(26-30-42)47-33-40(37-17-9-6-10-18-37)34-48-45-20-12-14-22-50(45)54(3,4)52(47)48/h5-35H,1-4H3. The van der Waals surface area contributed by atoms with Crippen LogP contribution >= 0.6 is 0 Å². The first kappa shape index (κ1) is 33.2. The number of fused-ring (bicyclic) bond motifs is 6. The second kappa shape index (κ2) is 12.6. The largest absolute Gasteiger partial charge is 0.310 e. The van der Waals surface area contributed by atoms with Crippen molar-refractivity contribution < 1.29 is 0 Å². The van der Waals surface area contributed by atoms with E-state index < -0.39 is 0 Å². The quantitative estimate of drug-likeness (QED) is 0.166. The van der Waals surface area contributed by atoms with E-state index in [1.54, 1.807) is 0 Å². The third-order valence-corrected chi connectivity index (χ3v) is 12.3. The molecule has 0 aromatic heterocycles. The maximum atomic E-state index is 2.42. The summed E-state index contributed by atoms with van der Waals surface area (Å²) >= 11 is 0. The highest BCUT2D eigenvalue weighted by Gasteiger charge is 2.38. The molecule has 0 fully saturated rings. The number of anilines is 3. The fourth-order valence-corrected chi connectivity index (χ4v) is 9.45. The molecule has 10 rings (SSSR count). The van der Waals surface area contributed by atoms with Crippen LogP contribution in [0.1, 0.15) is 49.9 Å². The highest BCUT2D eigenvalue weighted by Crippen LogP contribution is 2.54. The fourth-order valence-electron chi connectivity index (χ4n) is 9.45. The lowest BCUT2D eigenvalue weighted by Gasteiger charge is -2.29. The Kier molecular flexibility index (Phi) is 7.58. The first-order valence-electron chi connectivity index (χ1n) is 19.4. The molecule has 8 aromatic carbocycles. The minimum Gasteiger partial charge on any atom is -0.310 e. The molecule has 0 saturated carbocycles. The number of hydrogen-bond donors (Lipinski definition) is 0. The van der Waals surface area contributed by atoms with E-state index in [0.29, 0.717) is 0 Å². The number of hydrogen-bond acceptors (Lipinski definition) is 1. The lowest BCUT2D eigenvalue weighted by atomic mass is 9.78. The Morgan fingerprint density at radius 1 is 0.291 bits per heavy atom. The van der Waals surface area contributed by atoms with Gasteiger partial charge < -0.3 is 4.90 Å². The van der Waals surface area contributed by atoms with Crippen LogP contribution in [-0.4, -0.2) is 0 Å². The van der Waals surface area contributed by atoms with Crippen molar-refractivity contribution in [1.29, 1.82) is 0 Å². The normalized spacial score (nSPS) is 14.1. The van der Waals surface area contributed by atoms with E-state index >= 15 is 0 Å². The van der Waals surface area contributed by atoms with E-state index in [2.05, 4.69) is 221 Å². The second-order valence-corrected chi connectivity index (χ2v) is 16.2. The van der Waals surface area contributed by atoms with E-state index in [1.165, 1.54) is 77.9 Å². The van der Waals surface area contributed by atoms with Gasteiger partial charge in [0.15, 0.2) is 0 Å². The van der Waals surface area contributed by atoms with Crippen molar-refractivity contribution in [3.8, 4) is 55.6 Å². The van der Waals surface area contributed by atoms with E-state index in [-0.39, 0.29) is 10.8 Å². The Bertz CT molecular complexity index is 2720. The summed E-state index contributed by atoms with van der Waals surface area (Å²) in [5.41, 5.74) is 21.5. The molecule has 264 valence electrons. The van der Waals surface area contributed by atoms with Crippen LogP contribution in [0.4, 0.5) is 17.1 Å². The molecule has 1 heteroatoms. The van der Waals surface area contributed by atoms with Crippen LogP contribution in [0.25, 0.3) is 55.6 Å². The number of nitrogens with zero attached hydrogens (tertiary/aromatic N) is 1. The van der Waals surface area contributed by atoms with Crippen LogP contribution < -0.4 is 4.90 Å². The van der Waals surface area contributed by atoms with Gasteiger partial charge >= 0.3 is 0 Å². The average Bonchev–Trinajstić information content (AvgIpc) is 3.61. The summed E-state index contributed by atoms with van der Waals surface area (Å²) in [6.07, 6.45) is 0. The fraction of sp³-hybridized carbons (Fsp3) is 0.111. The smallest absolute Gasteiger partial charge is 0.0465 e. The molecule has 0 bridgehead atoms. The summed E-state index contributed by atoms with van der Waals surface area (Å²) in [4.78, 5) is 2.42. The Balaban J connectivity index is 1.12. The van der Waals surface area contributed by atoms with Crippen molar-refractivity contribution in [2.24, 2.45) is 0 Å². The van der Waals surface area contributed by atoms with Gasteiger partial charge in [-0.1, -0.05) is 167 Å². The predicted octanol–water partition coefficient (Wildman–Crippen LogP) is 14.8. The summed E-state index contributed by atoms with van der Waals surface area (Å²) in [5.74, 6) is 0. The summed E-state index contributed by atoms with van der Waals surface area (Å²) in [5, 5.41) is 0. The minimum atomic E-state index is -0.128. The topological polar surface area (TPSA) is 3.24 Å². The predicted molar refractivity (Wildman–Crippen MR) is 233 cm³/mol. The van der Waals surface area contributed by atoms with Crippen LogP contribution in [0.15, 0.2) is 188 Å². The zero-order valence-corrected chi connectivity index (χ0v) is 31.8. The van der Waals surface area contributed by atoms with Crippen LogP contribution in [-0.2, 0) is 10.8 Å². The zero-order valence-electron chi connectivity index (χ0n) is 31.8. The van der Waals surface area contributed by atoms with Gasteiger partial charge in [0.05, 0.1) is 0 Å². The van der Waals surface area contributed by atoms with Crippen LogP contribution in [0, 0.1) is 0 Å². The first-order chi connectivity index (χ1) is 26.8. The maximum Gasteiger partial charge on any atom is 0.0465 e. The van der Waals surface area contributed by atoms with Gasteiger partial charge in [-0.05, 0) is 126 Å². The lowest BCUT2D eigenvalue weighted by Crippen LogP contribution is -2.17. The Morgan fingerprint density at radius 2 is 0.727 bits per heavy atom. The van der Waals surface area contributed by atoms with Crippen LogP contribution in [0.2, 0.25) is 0 Å². The molecule has 0 amide bonds. The lowest BCUT2D eigenvalue weighted by molar-refractivity contribution is 0.660. The van der Waals surface area contributed by atoms with E-state index in [0.717, 1.165) is 17.1 Å². The van der Waals surface area contributed by atoms with E-state index in [4.69, 9.17) is 0 Å². The molecule has 0 atom stereocenters. The monoisotopic (exact) mass is 705 g/mol. The van der Waals surface area contributed by atoms with Crippen molar-refractivity contribution in [3.63, 3.8) is 0 Å². The van der Waals surface area contributed by atoms with Gasteiger partial charge in [-0.2, -0.15) is 0 Å². The van der Waals surface area contributed by atoms with Crippen molar-refractivity contribution in [3.05, 3.63) is 210 Å². The number of benzene rings is 8. The molecule has 0 aliphatic heterocycles. The molecule has 0 saturated heterocycles. The van der Waals surface area contributed by atoms with Crippen molar-refractivity contribution in [2.75, 3.05) is 4.90 Å². The molecule has 8 aromatic rings. The van der Waals surface area contributed by atoms with Crippen molar-refractivity contribution in [1.82, 2.24) is 0 Å². The Labute approximate surface area is 325 Å². The van der Waals surface area contributed by atoms with Gasteiger partial charge in [0.25, 0.3) is 0 Å². The zero-order chi connectivity index (χ0) is 37.3. The molecule has 0 radical (unpaired) electrons. The van der Waals surface area contributed by atoms with Crippen LogP contribution in [0.3, 0.4) is 0 Å². The minimum absolute atomic E-state index is 0.0941. The molecule has 2 aliphatic rings. The molecule has 0 unspecified atom stereocenters. The molecule has 0 heterocycles. The van der Waals surface area contributed by atoms with Crippen molar-refractivity contribution >= 4 is 17.1 Å². The van der Waals surface area contributed by atoms with E-state index in [9.17, 15) is 0 Å². The van der Waals surface area contributed by atoms with Gasteiger partial charge in [-0.15, -0.1) is 0 Å². The van der Waals surface area contributed by atoms with Gasteiger partial charge in [0.1, 0.15) is 0 Å². The third-order valence-electron chi connectivity index (χ3n) is 12.3. The molecule has 55 heavy (non-hydrogen) atoms. The molecule has 0 N–H and O–H groups in total. The van der Waals surface area contributed by atoms with Gasteiger partial charge in [0, 0.05) is 27.9 Å². The summed E-state index contributed by atoms with van der Waals surface area (Å²) in [7, 11) is 0. The van der Waals surface area contributed by atoms with Crippen LogP contribution in [0.5, 0.6) is 0 Å². The summed E-state index contributed by atoms with van der Waals surface area (Å²) < 4.78 is 0. The first-order valence-corrected chi connectivity index (χ1v) is 19.4. The number of rotatable bonds is 6. The second-order valence-electron chi connectivity index (χ2n) is 16.2. The molecule has 1 nitrogen and oxygen atoms in total. The van der Waals surface area contributed by atoms with Gasteiger partial charge in [0.2, 0.25) is 0 Å². The van der Waals surface area contributed by atoms with Gasteiger partial charge in [-0.3, -0.25) is 0 Å². The summed E-state index contributed by atoms with van der Waals surface area (Å²) in [6, 6.07) is 69.4. The molecule has 2 aliphatic carbocycles. The summed E-state index contributed by atoms with van der Waals surface area (Å²) in [6.45, 7) is 9.48. The SMILES string of the molecule is CC1(C)c2ccccc2-c2ccc(N(c3ccc(-c4ccccc4)cc3)c3ccc(-c4cc(-c5ccccc5)cc5c4C(C)(C)c4ccccc4-5)cc3)cc21. The Hall–Kier alpha value is -6.44. The van der Waals surface area contributed by atoms with E-state index in [1.807, 2.05) is 0 Å². The third kappa shape index (κ3) is 5.29. The molecular formula is C54H43N. The molecule has 0 spiro atoms. The van der Waals surface area contributed by atoms with Gasteiger partial charge in [-0.25, -0.2) is 0 Å². The Morgan fingerprint density at radius 3 is 1.35 bits per heavy atom. The average molecular weight is 706 g/mol. The highest BCUT2D eigenvalue weighted by molar-refractivity contribution is 5.93. The maximum absolute atomic E-state index is 2.42. The highest BCUT2D eigenvalue weighted by atomic mass is 15.1. The molecular weight excluding hydrogens is 663 g/mol.